The second-order valence-electron chi connectivity index (χ2n) is 7.01. The first-order valence-corrected chi connectivity index (χ1v) is 9.98. The Morgan fingerprint density at radius 3 is 2.62 bits per heavy atom. The fourth-order valence-electron chi connectivity index (χ4n) is 3.44. The molecule has 3 aromatic rings. The molecule has 7 heteroatoms. The summed E-state index contributed by atoms with van der Waals surface area (Å²) in [5.74, 6) is 1.86. The monoisotopic (exact) mass is 391 g/mol. The van der Waals surface area contributed by atoms with Gasteiger partial charge in [-0.15, -0.1) is 0 Å². The highest BCUT2D eigenvalue weighted by molar-refractivity contribution is 5.91. The van der Waals surface area contributed by atoms with E-state index in [9.17, 15) is 4.79 Å². The number of aryl methyl sites for hydroxylation is 1. The van der Waals surface area contributed by atoms with Gasteiger partial charge in [0.1, 0.15) is 5.82 Å². The molecule has 0 atom stereocenters. The number of amides is 1. The van der Waals surface area contributed by atoms with Gasteiger partial charge in [0.25, 0.3) is 5.91 Å². The van der Waals surface area contributed by atoms with E-state index < -0.39 is 0 Å². The summed E-state index contributed by atoms with van der Waals surface area (Å²) in [5.41, 5.74) is 1.34. The maximum Gasteiger partial charge on any atom is 0.289 e. The summed E-state index contributed by atoms with van der Waals surface area (Å²) in [7, 11) is 0. The molecule has 0 aliphatic carbocycles. The fraction of sp³-hybridized carbons (Fsp3) is 0.318. The van der Waals surface area contributed by atoms with Gasteiger partial charge in [-0.1, -0.05) is 30.3 Å². The predicted octanol–water partition coefficient (Wildman–Crippen LogP) is 3.08. The van der Waals surface area contributed by atoms with Crippen LogP contribution in [0.5, 0.6) is 0 Å². The maximum absolute atomic E-state index is 12.4. The van der Waals surface area contributed by atoms with Gasteiger partial charge in [-0.25, -0.2) is 4.98 Å². The van der Waals surface area contributed by atoms with Crippen molar-refractivity contribution in [1.29, 1.82) is 0 Å². The van der Waals surface area contributed by atoms with E-state index in [4.69, 9.17) is 4.42 Å². The minimum atomic E-state index is -0.0573. The molecular weight excluding hydrogens is 366 g/mol. The molecule has 0 radical (unpaired) electrons. The molecule has 7 nitrogen and oxygen atoms in total. The van der Waals surface area contributed by atoms with Crippen LogP contribution in [0, 0.1) is 0 Å². The lowest BCUT2D eigenvalue weighted by Gasteiger charge is -2.35. The Labute approximate surface area is 170 Å². The van der Waals surface area contributed by atoms with E-state index in [1.54, 1.807) is 18.3 Å². The molecule has 4 rings (SSSR count). The topological polar surface area (TPSA) is 74.5 Å². The average Bonchev–Trinajstić information content (AvgIpc) is 3.32. The number of hydrogen-bond acceptors (Lipinski definition) is 6. The van der Waals surface area contributed by atoms with Crippen LogP contribution < -0.4 is 10.2 Å². The summed E-state index contributed by atoms with van der Waals surface area (Å²) in [4.78, 5) is 25.4. The zero-order valence-electron chi connectivity index (χ0n) is 16.3. The van der Waals surface area contributed by atoms with Gasteiger partial charge in [-0.2, -0.15) is 4.98 Å². The first-order valence-electron chi connectivity index (χ1n) is 9.98. The van der Waals surface area contributed by atoms with Crippen molar-refractivity contribution in [2.24, 2.45) is 0 Å². The molecule has 150 valence electrons. The molecule has 1 saturated heterocycles. The van der Waals surface area contributed by atoms with Crippen LogP contribution in [-0.4, -0.2) is 53.5 Å². The van der Waals surface area contributed by atoms with E-state index in [1.807, 2.05) is 17.0 Å². The van der Waals surface area contributed by atoms with Gasteiger partial charge in [-0.05, 0) is 36.6 Å². The van der Waals surface area contributed by atoms with Crippen molar-refractivity contribution < 1.29 is 9.21 Å². The first kappa shape index (κ1) is 19.0. The molecule has 3 heterocycles. The number of hydrogen-bond donors (Lipinski definition) is 1. The van der Waals surface area contributed by atoms with Crippen molar-refractivity contribution >= 4 is 17.7 Å². The van der Waals surface area contributed by atoms with Crippen molar-refractivity contribution in [1.82, 2.24) is 14.9 Å². The summed E-state index contributed by atoms with van der Waals surface area (Å²) >= 11 is 0. The molecule has 0 spiro atoms. The van der Waals surface area contributed by atoms with Gasteiger partial charge in [0, 0.05) is 38.9 Å². The summed E-state index contributed by atoms with van der Waals surface area (Å²) in [6, 6.07) is 15.8. The number of benzene rings is 1. The Morgan fingerprint density at radius 1 is 1.03 bits per heavy atom. The van der Waals surface area contributed by atoms with E-state index in [1.165, 1.54) is 11.8 Å². The number of nitrogens with one attached hydrogen (secondary N) is 1. The van der Waals surface area contributed by atoms with Gasteiger partial charge in [0.05, 0.1) is 6.26 Å². The molecule has 0 unspecified atom stereocenters. The summed E-state index contributed by atoms with van der Waals surface area (Å²) in [6.45, 7) is 3.57. The first-order chi connectivity index (χ1) is 14.3. The van der Waals surface area contributed by atoms with Crippen molar-refractivity contribution in [3.05, 3.63) is 72.3 Å². The summed E-state index contributed by atoms with van der Waals surface area (Å²) in [6.07, 6.45) is 5.35. The maximum atomic E-state index is 12.4. The zero-order chi connectivity index (χ0) is 19.9. The minimum Gasteiger partial charge on any atom is -0.459 e. The third-order valence-corrected chi connectivity index (χ3v) is 5.03. The van der Waals surface area contributed by atoms with E-state index in [0.717, 1.165) is 38.3 Å². The Bertz CT molecular complexity index is 906. The Kier molecular flexibility index (Phi) is 6.04. The van der Waals surface area contributed by atoms with Crippen molar-refractivity contribution in [2.75, 3.05) is 42.9 Å². The molecule has 0 bridgehead atoms. The number of carbonyl (C=O) groups is 1. The van der Waals surface area contributed by atoms with E-state index in [0.29, 0.717) is 24.8 Å². The molecule has 1 aliphatic rings. The summed E-state index contributed by atoms with van der Waals surface area (Å²) in [5, 5.41) is 3.31. The van der Waals surface area contributed by atoms with Gasteiger partial charge in [0.15, 0.2) is 5.76 Å². The fourth-order valence-corrected chi connectivity index (χ4v) is 3.44. The van der Waals surface area contributed by atoms with Gasteiger partial charge in [0.2, 0.25) is 5.95 Å². The van der Waals surface area contributed by atoms with Crippen LogP contribution >= 0.6 is 0 Å². The van der Waals surface area contributed by atoms with Crippen LogP contribution in [0.2, 0.25) is 0 Å². The smallest absolute Gasteiger partial charge is 0.289 e. The summed E-state index contributed by atoms with van der Waals surface area (Å²) < 4.78 is 5.22. The zero-order valence-corrected chi connectivity index (χ0v) is 16.3. The number of aromatic nitrogens is 2. The Balaban J connectivity index is 1.26. The number of rotatable bonds is 7. The van der Waals surface area contributed by atoms with Crippen LogP contribution in [0.1, 0.15) is 22.5 Å². The number of carbonyl (C=O) groups excluding carboxylic acids is 1. The van der Waals surface area contributed by atoms with E-state index in [-0.39, 0.29) is 5.91 Å². The molecule has 1 amide bonds. The number of piperazine rings is 1. The standard InChI is InChI=1S/C22H25N5O2/c28-21(19-9-5-17-29-19)27-15-13-26(14-16-27)20-10-12-24-22(25-20)23-11-4-8-18-6-2-1-3-7-18/h1-3,5-7,9-10,12,17H,4,8,11,13-16H2,(H,23,24,25). The number of nitrogens with zero attached hydrogens (tertiary/aromatic N) is 4. The highest BCUT2D eigenvalue weighted by atomic mass is 16.3. The van der Waals surface area contributed by atoms with Crippen LogP contribution in [0.25, 0.3) is 0 Å². The van der Waals surface area contributed by atoms with Crippen molar-refractivity contribution in [2.45, 2.75) is 12.8 Å². The molecule has 1 aliphatic heterocycles. The predicted molar refractivity (Wildman–Crippen MR) is 112 cm³/mol. The Hall–Kier alpha value is -3.35. The number of furan rings is 1. The third-order valence-electron chi connectivity index (χ3n) is 5.03. The molecule has 1 N–H and O–H groups in total. The SMILES string of the molecule is O=C(c1ccco1)N1CCN(c2ccnc(NCCCc3ccccc3)n2)CC1. The van der Waals surface area contributed by atoms with Crippen LogP contribution in [-0.2, 0) is 6.42 Å². The molecule has 1 fully saturated rings. The van der Waals surface area contributed by atoms with E-state index >= 15 is 0 Å². The van der Waals surface area contributed by atoms with Gasteiger partial charge >= 0.3 is 0 Å². The third kappa shape index (κ3) is 4.93. The van der Waals surface area contributed by atoms with Crippen LogP contribution in [0.15, 0.2) is 65.4 Å². The average molecular weight is 391 g/mol. The molecule has 1 aromatic carbocycles. The van der Waals surface area contributed by atoms with Crippen molar-refractivity contribution in [3.8, 4) is 0 Å². The van der Waals surface area contributed by atoms with Gasteiger partial charge in [-0.3, -0.25) is 4.79 Å². The highest BCUT2D eigenvalue weighted by Gasteiger charge is 2.24. The largest absolute Gasteiger partial charge is 0.459 e. The van der Waals surface area contributed by atoms with Gasteiger partial charge < -0.3 is 19.5 Å². The van der Waals surface area contributed by atoms with Crippen LogP contribution in [0.4, 0.5) is 11.8 Å². The molecule has 29 heavy (non-hydrogen) atoms. The second-order valence-corrected chi connectivity index (χ2v) is 7.01. The highest BCUT2D eigenvalue weighted by Crippen LogP contribution is 2.16. The lowest BCUT2D eigenvalue weighted by Crippen LogP contribution is -2.49. The normalized spacial score (nSPS) is 14.1. The van der Waals surface area contributed by atoms with E-state index in [2.05, 4.69) is 44.5 Å². The van der Waals surface area contributed by atoms with Crippen molar-refractivity contribution in [3.63, 3.8) is 0 Å². The van der Waals surface area contributed by atoms with Crippen LogP contribution in [0.3, 0.4) is 0 Å². The second kappa shape index (κ2) is 9.23. The lowest BCUT2D eigenvalue weighted by molar-refractivity contribution is 0.0714. The Morgan fingerprint density at radius 2 is 1.86 bits per heavy atom. The molecular formula is C22H25N5O2. The molecule has 2 aromatic heterocycles. The minimum absolute atomic E-state index is 0.0573. The molecule has 0 saturated carbocycles. The quantitative estimate of drug-likeness (QED) is 0.624. The number of anilines is 2. The lowest BCUT2D eigenvalue weighted by atomic mass is 10.1.